The van der Waals surface area contributed by atoms with Crippen LogP contribution in [-0.4, -0.2) is 11.1 Å². The van der Waals surface area contributed by atoms with Crippen molar-refractivity contribution in [2.24, 2.45) is 7.05 Å². The van der Waals surface area contributed by atoms with Crippen LogP contribution in [0.2, 0.25) is 0 Å². The zero-order chi connectivity index (χ0) is 15.2. The Morgan fingerprint density at radius 1 is 1.24 bits per heavy atom. The number of rotatable bonds is 4. The fourth-order valence-electron chi connectivity index (χ4n) is 2.31. The molecule has 0 aliphatic heterocycles. The van der Waals surface area contributed by atoms with Gasteiger partial charge < -0.3 is 9.88 Å². The van der Waals surface area contributed by atoms with E-state index in [1.807, 2.05) is 12.1 Å². The number of fused-ring (bicyclic) bond motifs is 1. The number of unbranched alkanes of at least 4 members (excludes halogenated alkanes) is 2. The average molecular weight is 282 g/mol. The second-order valence-electron chi connectivity index (χ2n) is 5.12. The van der Waals surface area contributed by atoms with Gasteiger partial charge in [-0.25, -0.2) is 0 Å². The Balaban J connectivity index is 2.57. The fourth-order valence-corrected chi connectivity index (χ4v) is 2.31. The van der Waals surface area contributed by atoms with E-state index < -0.39 is 0 Å². The number of nitrogens with one attached hydrogen (secondary N) is 1. The lowest BCUT2D eigenvalue weighted by Crippen LogP contribution is -2.15. The number of hydrogen-bond donors (Lipinski definition) is 1. The summed E-state index contributed by atoms with van der Waals surface area (Å²) in [5.74, 6) is 6.50. The van der Waals surface area contributed by atoms with E-state index in [-0.39, 0.29) is 5.56 Å². The van der Waals surface area contributed by atoms with Crippen LogP contribution >= 0.6 is 0 Å². The van der Waals surface area contributed by atoms with E-state index in [1.165, 1.54) is 0 Å². The van der Waals surface area contributed by atoms with Gasteiger partial charge in [0.15, 0.2) is 0 Å². The van der Waals surface area contributed by atoms with Crippen LogP contribution in [0.15, 0.2) is 29.1 Å². The fraction of sp³-hybridized carbons (Fsp3) is 0.389. The van der Waals surface area contributed by atoms with Crippen LogP contribution in [0, 0.1) is 11.8 Å². The third kappa shape index (κ3) is 3.46. The Bertz CT molecular complexity index is 747. The minimum atomic E-state index is 0.000964. The van der Waals surface area contributed by atoms with Gasteiger partial charge in [0.2, 0.25) is 0 Å². The molecule has 0 unspecified atom stereocenters. The summed E-state index contributed by atoms with van der Waals surface area (Å²) in [5.41, 5.74) is 2.91. The SMILES string of the molecule is CCCCC#Cc1cc(NCC)cc2c1ccc(=O)n2C. The van der Waals surface area contributed by atoms with Crippen molar-refractivity contribution in [2.75, 3.05) is 11.9 Å². The van der Waals surface area contributed by atoms with Crippen molar-refractivity contribution in [3.05, 3.63) is 40.2 Å². The molecule has 0 saturated carbocycles. The molecule has 3 nitrogen and oxygen atoms in total. The van der Waals surface area contributed by atoms with E-state index in [2.05, 4.69) is 37.1 Å². The highest BCUT2D eigenvalue weighted by Gasteiger charge is 2.05. The number of nitrogens with zero attached hydrogens (tertiary/aromatic N) is 1. The lowest BCUT2D eigenvalue weighted by atomic mass is 10.1. The lowest BCUT2D eigenvalue weighted by molar-refractivity contribution is 0.828. The Morgan fingerprint density at radius 3 is 2.76 bits per heavy atom. The molecule has 0 bridgehead atoms. The molecule has 110 valence electrons. The van der Waals surface area contributed by atoms with Crippen LogP contribution in [0.4, 0.5) is 5.69 Å². The number of hydrogen-bond acceptors (Lipinski definition) is 2. The topological polar surface area (TPSA) is 34.0 Å². The lowest BCUT2D eigenvalue weighted by Gasteiger charge is -2.10. The predicted octanol–water partition coefficient (Wildman–Crippen LogP) is 3.51. The molecule has 0 aliphatic carbocycles. The molecule has 1 aromatic carbocycles. The van der Waals surface area contributed by atoms with Gasteiger partial charge in [-0.3, -0.25) is 4.79 Å². The van der Waals surface area contributed by atoms with E-state index >= 15 is 0 Å². The molecule has 1 N–H and O–H groups in total. The highest BCUT2D eigenvalue weighted by molar-refractivity contribution is 5.88. The Morgan fingerprint density at radius 2 is 2.05 bits per heavy atom. The summed E-state index contributed by atoms with van der Waals surface area (Å²) in [6, 6.07) is 7.55. The molecule has 21 heavy (non-hydrogen) atoms. The quantitative estimate of drug-likeness (QED) is 0.688. The first-order chi connectivity index (χ1) is 10.2. The number of pyridine rings is 1. The van der Waals surface area contributed by atoms with Gasteiger partial charge in [-0.2, -0.15) is 0 Å². The molecular formula is C18H22N2O. The Hall–Kier alpha value is -2.21. The molecule has 0 aliphatic rings. The smallest absolute Gasteiger partial charge is 0.250 e. The Kier molecular flexibility index (Phi) is 5.05. The maximum absolute atomic E-state index is 11.8. The van der Waals surface area contributed by atoms with Crippen LogP contribution in [0.25, 0.3) is 10.9 Å². The van der Waals surface area contributed by atoms with E-state index in [0.29, 0.717) is 0 Å². The van der Waals surface area contributed by atoms with Crippen molar-refractivity contribution in [1.29, 1.82) is 0 Å². The maximum Gasteiger partial charge on any atom is 0.250 e. The zero-order valence-electron chi connectivity index (χ0n) is 13.0. The van der Waals surface area contributed by atoms with E-state index in [1.54, 1.807) is 17.7 Å². The molecule has 0 atom stereocenters. The first kappa shape index (κ1) is 15.2. The van der Waals surface area contributed by atoms with Gasteiger partial charge in [0.1, 0.15) is 0 Å². The van der Waals surface area contributed by atoms with Crippen LogP contribution in [0.3, 0.4) is 0 Å². The molecule has 1 heterocycles. The van der Waals surface area contributed by atoms with Crippen molar-refractivity contribution in [2.45, 2.75) is 33.1 Å². The van der Waals surface area contributed by atoms with Crippen molar-refractivity contribution in [3.8, 4) is 11.8 Å². The molecule has 1 aromatic heterocycles. The summed E-state index contributed by atoms with van der Waals surface area (Å²) in [6.45, 7) is 5.06. The Labute approximate surface area is 126 Å². The standard InChI is InChI=1S/C18H22N2O/c1-4-6-7-8-9-14-12-15(19-5-2)13-17-16(14)10-11-18(21)20(17)3/h10-13,19H,4-7H2,1-3H3. The predicted molar refractivity (Wildman–Crippen MR) is 89.8 cm³/mol. The minimum absolute atomic E-state index is 0.000964. The summed E-state index contributed by atoms with van der Waals surface area (Å²) in [4.78, 5) is 11.8. The number of benzene rings is 1. The summed E-state index contributed by atoms with van der Waals surface area (Å²) >= 11 is 0. The molecule has 0 radical (unpaired) electrons. The van der Waals surface area contributed by atoms with Crippen LogP contribution < -0.4 is 10.9 Å². The van der Waals surface area contributed by atoms with Gasteiger partial charge in [-0.05, 0) is 31.5 Å². The third-order valence-corrected chi connectivity index (χ3v) is 3.50. The summed E-state index contributed by atoms with van der Waals surface area (Å²) < 4.78 is 1.67. The van der Waals surface area contributed by atoms with Gasteiger partial charge in [0.05, 0.1) is 5.52 Å². The number of aryl methyl sites for hydroxylation is 1. The molecule has 0 spiro atoms. The normalized spacial score (nSPS) is 10.2. The van der Waals surface area contributed by atoms with Crippen molar-refractivity contribution < 1.29 is 0 Å². The number of aromatic nitrogens is 1. The highest BCUT2D eigenvalue weighted by atomic mass is 16.1. The molecule has 2 aromatic rings. The van der Waals surface area contributed by atoms with Crippen LogP contribution in [-0.2, 0) is 7.05 Å². The van der Waals surface area contributed by atoms with Gasteiger partial charge in [-0.15, -0.1) is 0 Å². The van der Waals surface area contributed by atoms with Crippen LogP contribution in [0.5, 0.6) is 0 Å². The molecule has 0 amide bonds. The van der Waals surface area contributed by atoms with E-state index in [0.717, 1.165) is 48.0 Å². The van der Waals surface area contributed by atoms with E-state index in [4.69, 9.17) is 0 Å². The van der Waals surface area contributed by atoms with Crippen molar-refractivity contribution in [1.82, 2.24) is 4.57 Å². The molecule has 2 rings (SSSR count). The summed E-state index contributed by atoms with van der Waals surface area (Å²) in [7, 11) is 1.80. The van der Waals surface area contributed by atoms with Gasteiger partial charge in [0.25, 0.3) is 5.56 Å². The first-order valence-electron chi connectivity index (χ1n) is 7.54. The van der Waals surface area contributed by atoms with Crippen molar-refractivity contribution in [3.63, 3.8) is 0 Å². The second-order valence-corrected chi connectivity index (χ2v) is 5.12. The van der Waals surface area contributed by atoms with Gasteiger partial charge in [-0.1, -0.05) is 25.2 Å². The summed E-state index contributed by atoms with van der Waals surface area (Å²) in [6.07, 6.45) is 3.19. The summed E-state index contributed by atoms with van der Waals surface area (Å²) in [5, 5.41) is 4.34. The third-order valence-electron chi connectivity index (χ3n) is 3.50. The van der Waals surface area contributed by atoms with E-state index in [9.17, 15) is 4.79 Å². The minimum Gasteiger partial charge on any atom is -0.385 e. The molecule has 0 saturated heterocycles. The highest BCUT2D eigenvalue weighted by Crippen LogP contribution is 2.22. The molecular weight excluding hydrogens is 260 g/mol. The van der Waals surface area contributed by atoms with Crippen molar-refractivity contribution >= 4 is 16.6 Å². The zero-order valence-corrected chi connectivity index (χ0v) is 13.0. The largest absolute Gasteiger partial charge is 0.385 e. The molecule has 0 fully saturated rings. The second kappa shape index (κ2) is 6.99. The van der Waals surface area contributed by atoms with Crippen LogP contribution in [0.1, 0.15) is 38.7 Å². The molecule has 3 heteroatoms. The van der Waals surface area contributed by atoms with Gasteiger partial charge in [0, 0.05) is 42.7 Å². The maximum atomic E-state index is 11.8. The average Bonchev–Trinajstić information content (AvgIpc) is 2.48. The first-order valence-corrected chi connectivity index (χ1v) is 7.54. The monoisotopic (exact) mass is 282 g/mol. The number of anilines is 1. The van der Waals surface area contributed by atoms with Gasteiger partial charge >= 0.3 is 0 Å².